The first-order valence-electron chi connectivity index (χ1n) is 6.37. The van der Waals surface area contributed by atoms with E-state index in [0.29, 0.717) is 0 Å². The van der Waals surface area contributed by atoms with Crippen LogP contribution in [0.1, 0.15) is 20.8 Å². The summed E-state index contributed by atoms with van der Waals surface area (Å²) in [7, 11) is 2.49. The van der Waals surface area contributed by atoms with E-state index in [1.54, 1.807) is 32.9 Å². The molecular weight excluding hydrogens is 260 g/mol. The van der Waals surface area contributed by atoms with Crippen molar-refractivity contribution in [3.63, 3.8) is 0 Å². The molecule has 0 saturated heterocycles. The van der Waals surface area contributed by atoms with Crippen LogP contribution >= 0.6 is 0 Å². The van der Waals surface area contributed by atoms with Gasteiger partial charge in [0.25, 0.3) is 0 Å². The molecule has 0 aromatic rings. The zero-order chi connectivity index (χ0) is 15.3. The van der Waals surface area contributed by atoms with Crippen LogP contribution in [-0.2, 0) is 23.9 Å². The number of hydrogen-bond acceptors (Lipinski definition) is 5. The lowest BCUT2D eigenvalue weighted by atomic mass is 9.52. The van der Waals surface area contributed by atoms with Crippen LogP contribution in [0.15, 0.2) is 23.3 Å². The van der Waals surface area contributed by atoms with Crippen molar-refractivity contribution >= 4 is 17.7 Å². The Labute approximate surface area is 117 Å². The molecule has 0 heterocycles. The third-order valence-corrected chi connectivity index (χ3v) is 4.35. The van der Waals surface area contributed by atoms with Gasteiger partial charge in [-0.05, 0) is 6.92 Å². The molecule has 0 aliphatic heterocycles. The Balaban J connectivity index is 2.78. The SMILES string of the molecule is COC(=O)C1=C(C(=O)OC)C2(C)C=CC1C(C)(C)C2=O. The molecule has 3 aliphatic carbocycles. The molecule has 108 valence electrons. The first kappa shape index (κ1) is 14.5. The molecule has 0 N–H and O–H groups in total. The molecule has 3 aliphatic rings. The van der Waals surface area contributed by atoms with Crippen LogP contribution in [-0.4, -0.2) is 31.9 Å². The molecule has 0 saturated carbocycles. The van der Waals surface area contributed by atoms with Crippen LogP contribution in [0.2, 0.25) is 0 Å². The van der Waals surface area contributed by atoms with Gasteiger partial charge in [-0.2, -0.15) is 0 Å². The van der Waals surface area contributed by atoms with Crippen LogP contribution in [0.25, 0.3) is 0 Å². The number of ketones is 1. The number of ether oxygens (including phenoxy) is 2. The van der Waals surface area contributed by atoms with Gasteiger partial charge in [0.15, 0.2) is 5.78 Å². The molecule has 0 aromatic heterocycles. The van der Waals surface area contributed by atoms with Gasteiger partial charge >= 0.3 is 11.9 Å². The summed E-state index contributed by atoms with van der Waals surface area (Å²) >= 11 is 0. The minimum Gasteiger partial charge on any atom is -0.466 e. The van der Waals surface area contributed by atoms with Gasteiger partial charge in [0, 0.05) is 11.3 Å². The third kappa shape index (κ3) is 1.58. The Hall–Kier alpha value is -1.91. The van der Waals surface area contributed by atoms with Crippen molar-refractivity contribution in [1.82, 2.24) is 0 Å². The van der Waals surface area contributed by atoms with Crippen LogP contribution in [0.4, 0.5) is 0 Å². The number of esters is 2. The van der Waals surface area contributed by atoms with Crippen molar-refractivity contribution in [2.45, 2.75) is 20.8 Å². The van der Waals surface area contributed by atoms with E-state index in [9.17, 15) is 14.4 Å². The fourth-order valence-electron chi connectivity index (χ4n) is 3.27. The second-order valence-corrected chi connectivity index (χ2v) is 5.86. The number of hydrogen-bond donors (Lipinski definition) is 0. The van der Waals surface area contributed by atoms with Gasteiger partial charge in [-0.1, -0.05) is 26.0 Å². The molecule has 20 heavy (non-hydrogen) atoms. The van der Waals surface area contributed by atoms with Crippen molar-refractivity contribution in [1.29, 1.82) is 0 Å². The highest BCUT2D eigenvalue weighted by molar-refractivity contribution is 6.13. The summed E-state index contributed by atoms with van der Waals surface area (Å²) in [4.78, 5) is 36.8. The molecule has 2 bridgehead atoms. The summed E-state index contributed by atoms with van der Waals surface area (Å²) in [5.74, 6) is -1.82. The maximum Gasteiger partial charge on any atom is 0.335 e. The van der Waals surface area contributed by atoms with Gasteiger partial charge in [0.05, 0.1) is 30.8 Å². The van der Waals surface area contributed by atoms with E-state index in [4.69, 9.17) is 9.47 Å². The Morgan fingerprint density at radius 1 is 1.10 bits per heavy atom. The number of rotatable bonds is 2. The predicted molar refractivity (Wildman–Crippen MR) is 70.6 cm³/mol. The van der Waals surface area contributed by atoms with E-state index in [2.05, 4.69) is 0 Å². The van der Waals surface area contributed by atoms with Crippen LogP contribution in [0, 0.1) is 16.7 Å². The fraction of sp³-hybridized carbons (Fsp3) is 0.533. The highest BCUT2D eigenvalue weighted by atomic mass is 16.5. The topological polar surface area (TPSA) is 69.7 Å². The molecule has 2 unspecified atom stereocenters. The second-order valence-electron chi connectivity index (χ2n) is 5.86. The quantitative estimate of drug-likeness (QED) is 0.564. The number of methoxy groups -OCH3 is 2. The molecular formula is C15H18O5. The van der Waals surface area contributed by atoms with Gasteiger partial charge in [-0.3, -0.25) is 4.79 Å². The van der Waals surface area contributed by atoms with Gasteiger partial charge in [-0.25, -0.2) is 9.59 Å². The summed E-state index contributed by atoms with van der Waals surface area (Å²) in [6.07, 6.45) is 3.49. The average molecular weight is 278 g/mol. The summed E-state index contributed by atoms with van der Waals surface area (Å²) < 4.78 is 9.55. The lowest BCUT2D eigenvalue weighted by molar-refractivity contribution is -0.147. The average Bonchev–Trinajstić information content (AvgIpc) is 2.42. The molecule has 5 nitrogen and oxygen atoms in total. The maximum atomic E-state index is 12.7. The number of Topliss-reactive ketones (excluding diaryl/α,β-unsaturated/α-hetero) is 1. The van der Waals surface area contributed by atoms with Crippen molar-refractivity contribution in [2.75, 3.05) is 14.2 Å². The van der Waals surface area contributed by atoms with Crippen LogP contribution in [0.3, 0.4) is 0 Å². The molecule has 3 rings (SSSR count). The molecule has 0 spiro atoms. The van der Waals surface area contributed by atoms with Gasteiger partial charge in [-0.15, -0.1) is 0 Å². The van der Waals surface area contributed by atoms with E-state index in [1.807, 2.05) is 0 Å². The zero-order valence-electron chi connectivity index (χ0n) is 12.3. The predicted octanol–water partition coefficient (Wildman–Crippen LogP) is 1.43. The van der Waals surface area contributed by atoms with Crippen molar-refractivity contribution in [2.24, 2.45) is 16.7 Å². The van der Waals surface area contributed by atoms with E-state index in [0.717, 1.165) is 0 Å². The normalized spacial score (nSPS) is 30.4. The highest BCUT2D eigenvalue weighted by Crippen LogP contribution is 2.55. The van der Waals surface area contributed by atoms with Gasteiger partial charge in [0.1, 0.15) is 0 Å². The maximum absolute atomic E-state index is 12.7. The summed E-state index contributed by atoms with van der Waals surface area (Å²) in [6, 6.07) is 0. The minimum atomic E-state index is -1.14. The van der Waals surface area contributed by atoms with E-state index >= 15 is 0 Å². The molecule has 0 aromatic carbocycles. The summed E-state index contributed by atoms with van der Waals surface area (Å²) in [6.45, 7) is 5.19. The molecule has 2 atom stereocenters. The number of fused-ring (bicyclic) bond motifs is 1. The largest absolute Gasteiger partial charge is 0.466 e. The van der Waals surface area contributed by atoms with Crippen LogP contribution in [0.5, 0.6) is 0 Å². The molecule has 0 fully saturated rings. The zero-order valence-corrected chi connectivity index (χ0v) is 12.3. The van der Waals surface area contributed by atoms with Gasteiger partial charge in [0.2, 0.25) is 0 Å². The fourth-order valence-corrected chi connectivity index (χ4v) is 3.27. The van der Waals surface area contributed by atoms with Crippen molar-refractivity contribution in [3.05, 3.63) is 23.3 Å². The Bertz CT molecular complexity index is 567. The smallest absolute Gasteiger partial charge is 0.335 e. The Kier molecular flexibility index (Phi) is 3.11. The third-order valence-electron chi connectivity index (χ3n) is 4.35. The molecule has 0 amide bonds. The number of carbonyl (C=O) groups is 3. The molecule has 0 radical (unpaired) electrons. The number of carbonyl (C=O) groups excluding carboxylic acids is 3. The lowest BCUT2D eigenvalue weighted by Crippen LogP contribution is -2.54. The second kappa shape index (κ2) is 4.30. The Morgan fingerprint density at radius 3 is 2.15 bits per heavy atom. The first-order chi connectivity index (χ1) is 9.21. The Morgan fingerprint density at radius 2 is 1.65 bits per heavy atom. The van der Waals surface area contributed by atoms with Crippen molar-refractivity contribution in [3.8, 4) is 0 Å². The summed E-state index contributed by atoms with van der Waals surface area (Å²) in [5.41, 5.74) is -1.57. The highest BCUT2D eigenvalue weighted by Gasteiger charge is 2.59. The van der Waals surface area contributed by atoms with Crippen LogP contribution < -0.4 is 0 Å². The standard InChI is InChI=1S/C15H18O5/c1-14(2)8-6-7-15(3,13(14)18)10(12(17)20-5)9(8)11(16)19-4/h6-8H,1-5H3. The molecule has 5 heteroatoms. The van der Waals surface area contributed by atoms with E-state index < -0.39 is 28.7 Å². The van der Waals surface area contributed by atoms with Crippen molar-refractivity contribution < 1.29 is 23.9 Å². The lowest BCUT2D eigenvalue weighted by Gasteiger charge is -2.48. The van der Waals surface area contributed by atoms with E-state index in [-0.39, 0.29) is 16.9 Å². The van der Waals surface area contributed by atoms with E-state index in [1.165, 1.54) is 14.2 Å². The number of allylic oxidation sites excluding steroid dienone is 2. The first-order valence-corrected chi connectivity index (χ1v) is 6.37. The monoisotopic (exact) mass is 278 g/mol. The summed E-state index contributed by atoms with van der Waals surface area (Å²) in [5, 5.41) is 0. The minimum absolute atomic E-state index is 0.0921. The van der Waals surface area contributed by atoms with Gasteiger partial charge < -0.3 is 9.47 Å².